The Balaban J connectivity index is 1.59. The summed E-state index contributed by atoms with van der Waals surface area (Å²) in [4.78, 5) is 17.2. The standard InChI is InChI=1S/C18H24FN3O2/c1-18(2,24)16-4-3-9-22(16)17(23)20-8-7-12-11-21-15-6-5-13(19)10-14(12)15/h5-6,10-11,16,21,24H,3-4,7-9H2,1-2H3,(H,20,23). The van der Waals surface area contributed by atoms with Crippen molar-refractivity contribution >= 4 is 16.9 Å². The number of nitrogens with one attached hydrogen (secondary N) is 2. The van der Waals surface area contributed by atoms with Crippen LogP contribution in [0.15, 0.2) is 24.4 Å². The number of carbonyl (C=O) groups is 1. The molecule has 130 valence electrons. The van der Waals surface area contributed by atoms with Crippen LogP contribution in [0.25, 0.3) is 10.9 Å². The molecule has 5 nitrogen and oxygen atoms in total. The van der Waals surface area contributed by atoms with Gasteiger partial charge in [-0.1, -0.05) is 0 Å². The van der Waals surface area contributed by atoms with Crippen LogP contribution in [0, 0.1) is 5.82 Å². The first-order valence-corrected chi connectivity index (χ1v) is 8.38. The highest BCUT2D eigenvalue weighted by molar-refractivity contribution is 5.83. The monoisotopic (exact) mass is 333 g/mol. The van der Waals surface area contributed by atoms with E-state index < -0.39 is 5.60 Å². The molecule has 0 aliphatic carbocycles. The molecule has 1 atom stereocenters. The number of fused-ring (bicyclic) bond motifs is 1. The average molecular weight is 333 g/mol. The van der Waals surface area contributed by atoms with Gasteiger partial charge in [-0.25, -0.2) is 9.18 Å². The molecule has 2 aromatic rings. The van der Waals surface area contributed by atoms with Gasteiger partial charge >= 0.3 is 6.03 Å². The van der Waals surface area contributed by atoms with Gasteiger partial charge in [-0.05, 0) is 56.9 Å². The quantitative estimate of drug-likeness (QED) is 0.805. The van der Waals surface area contributed by atoms with Crippen molar-refractivity contribution in [3.63, 3.8) is 0 Å². The van der Waals surface area contributed by atoms with Gasteiger partial charge in [0.05, 0.1) is 11.6 Å². The smallest absolute Gasteiger partial charge is 0.317 e. The molecule has 1 saturated heterocycles. The summed E-state index contributed by atoms with van der Waals surface area (Å²) in [6, 6.07) is 4.35. The number of likely N-dealkylation sites (tertiary alicyclic amines) is 1. The van der Waals surface area contributed by atoms with Gasteiger partial charge in [-0.15, -0.1) is 0 Å². The van der Waals surface area contributed by atoms with E-state index in [-0.39, 0.29) is 17.9 Å². The minimum atomic E-state index is -0.901. The summed E-state index contributed by atoms with van der Waals surface area (Å²) in [6.45, 7) is 4.61. The minimum Gasteiger partial charge on any atom is -0.388 e. The Morgan fingerprint density at radius 2 is 2.29 bits per heavy atom. The van der Waals surface area contributed by atoms with Crippen LogP contribution in [0.5, 0.6) is 0 Å². The van der Waals surface area contributed by atoms with E-state index in [0.717, 1.165) is 29.3 Å². The number of amides is 2. The van der Waals surface area contributed by atoms with Gasteiger partial charge in [0.1, 0.15) is 5.82 Å². The third-order valence-corrected chi connectivity index (χ3v) is 4.73. The number of hydrogen-bond acceptors (Lipinski definition) is 2. The predicted octanol–water partition coefficient (Wildman–Crippen LogP) is 2.79. The zero-order valence-corrected chi connectivity index (χ0v) is 14.1. The number of carbonyl (C=O) groups excluding carboxylic acids is 1. The Hall–Kier alpha value is -2.08. The summed E-state index contributed by atoms with van der Waals surface area (Å²) in [7, 11) is 0. The van der Waals surface area contributed by atoms with Crippen LogP contribution in [-0.2, 0) is 6.42 Å². The molecule has 1 aromatic heterocycles. The molecule has 0 saturated carbocycles. The summed E-state index contributed by atoms with van der Waals surface area (Å²) >= 11 is 0. The number of rotatable bonds is 4. The number of nitrogens with zero attached hydrogens (tertiary/aromatic N) is 1. The van der Waals surface area contributed by atoms with E-state index in [1.807, 2.05) is 6.20 Å². The number of benzene rings is 1. The second-order valence-electron chi connectivity index (χ2n) is 6.99. The van der Waals surface area contributed by atoms with E-state index in [9.17, 15) is 14.3 Å². The largest absolute Gasteiger partial charge is 0.388 e. The second kappa shape index (κ2) is 6.43. The lowest BCUT2D eigenvalue weighted by Crippen LogP contribution is -2.51. The molecule has 0 bridgehead atoms. The fourth-order valence-electron chi connectivity index (χ4n) is 3.51. The maximum Gasteiger partial charge on any atom is 0.317 e. The normalized spacial score (nSPS) is 18.3. The fourth-order valence-corrected chi connectivity index (χ4v) is 3.51. The van der Waals surface area contributed by atoms with Crippen LogP contribution < -0.4 is 5.32 Å². The zero-order chi connectivity index (χ0) is 17.3. The van der Waals surface area contributed by atoms with Gasteiger partial charge in [0, 0.05) is 30.2 Å². The second-order valence-corrected chi connectivity index (χ2v) is 6.99. The van der Waals surface area contributed by atoms with Crippen LogP contribution in [-0.4, -0.2) is 45.8 Å². The molecule has 0 radical (unpaired) electrons. The van der Waals surface area contributed by atoms with E-state index in [0.29, 0.717) is 19.5 Å². The Labute approximate surface area is 140 Å². The van der Waals surface area contributed by atoms with Gasteiger partial charge in [-0.3, -0.25) is 0 Å². The van der Waals surface area contributed by atoms with Crippen molar-refractivity contribution in [2.24, 2.45) is 0 Å². The first-order valence-electron chi connectivity index (χ1n) is 8.38. The molecular weight excluding hydrogens is 309 g/mol. The summed E-state index contributed by atoms with van der Waals surface area (Å²) in [5.41, 5.74) is 0.965. The van der Waals surface area contributed by atoms with Crippen molar-refractivity contribution < 1.29 is 14.3 Å². The molecule has 24 heavy (non-hydrogen) atoms. The maximum absolute atomic E-state index is 13.4. The van der Waals surface area contributed by atoms with E-state index in [4.69, 9.17) is 0 Å². The number of urea groups is 1. The van der Waals surface area contributed by atoms with Crippen LogP contribution in [0.4, 0.5) is 9.18 Å². The number of aromatic amines is 1. The highest BCUT2D eigenvalue weighted by Gasteiger charge is 2.38. The third kappa shape index (κ3) is 3.38. The molecule has 1 unspecified atom stereocenters. The molecule has 1 aliphatic rings. The van der Waals surface area contributed by atoms with Crippen LogP contribution >= 0.6 is 0 Å². The number of H-pyrrole nitrogens is 1. The molecule has 2 heterocycles. The van der Waals surface area contributed by atoms with E-state index in [1.54, 1.807) is 24.8 Å². The van der Waals surface area contributed by atoms with Crippen LogP contribution in [0.1, 0.15) is 32.3 Å². The van der Waals surface area contributed by atoms with E-state index in [2.05, 4.69) is 10.3 Å². The minimum absolute atomic E-state index is 0.148. The van der Waals surface area contributed by atoms with Crippen LogP contribution in [0.2, 0.25) is 0 Å². The highest BCUT2D eigenvalue weighted by Crippen LogP contribution is 2.26. The summed E-state index contributed by atoms with van der Waals surface area (Å²) < 4.78 is 13.4. The van der Waals surface area contributed by atoms with Gasteiger partial charge in [0.15, 0.2) is 0 Å². The summed E-state index contributed by atoms with van der Waals surface area (Å²) in [6.07, 6.45) is 4.20. The van der Waals surface area contributed by atoms with Gasteiger partial charge in [-0.2, -0.15) is 0 Å². The Bertz CT molecular complexity index is 735. The van der Waals surface area contributed by atoms with Gasteiger partial charge < -0.3 is 20.3 Å². The Morgan fingerprint density at radius 3 is 3.04 bits per heavy atom. The van der Waals surface area contributed by atoms with E-state index in [1.165, 1.54) is 12.1 Å². The molecule has 6 heteroatoms. The van der Waals surface area contributed by atoms with Gasteiger partial charge in [0.2, 0.25) is 0 Å². The van der Waals surface area contributed by atoms with Crippen molar-refractivity contribution in [3.05, 3.63) is 35.8 Å². The summed E-state index contributed by atoms with van der Waals surface area (Å²) in [5.74, 6) is -0.266. The van der Waals surface area contributed by atoms with Crippen LogP contribution in [0.3, 0.4) is 0 Å². The molecular formula is C18H24FN3O2. The van der Waals surface area contributed by atoms with Gasteiger partial charge in [0.25, 0.3) is 0 Å². The predicted molar refractivity (Wildman–Crippen MR) is 91.4 cm³/mol. The first kappa shape index (κ1) is 16.8. The Kier molecular flexibility index (Phi) is 4.49. The summed E-state index contributed by atoms with van der Waals surface area (Å²) in [5, 5.41) is 14.0. The number of halogens is 1. The van der Waals surface area contributed by atoms with Crippen molar-refractivity contribution in [1.82, 2.24) is 15.2 Å². The average Bonchev–Trinajstić information content (AvgIpc) is 3.13. The number of aliphatic hydroxyl groups is 1. The zero-order valence-electron chi connectivity index (χ0n) is 14.1. The molecule has 1 aliphatic heterocycles. The van der Waals surface area contributed by atoms with Crippen molar-refractivity contribution in [2.45, 2.75) is 44.8 Å². The maximum atomic E-state index is 13.4. The number of aromatic nitrogens is 1. The molecule has 3 N–H and O–H groups in total. The van der Waals surface area contributed by atoms with Crippen molar-refractivity contribution in [1.29, 1.82) is 0 Å². The van der Waals surface area contributed by atoms with Crippen molar-refractivity contribution in [2.75, 3.05) is 13.1 Å². The molecule has 1 aromatic carbocycles. The highest BCUT2D eigenvalue weighted by atomic mass is 19.1. The number of hydrogen-bond donors (Lipinski definition) is 3. The molecule has 0 spiro atoms. The lowest BCUT2D eigenvalue weighted by Gasteiger charge is -2.33. The molecule has 1 fully saturated rings. The van der Waals surface area contributed by atoms with Crippen molar-refractivity contribution in [3.8, 4) is 0 Å². The molecule has 2 amide bonds. The SMILES string of the molecule is CC(C)(O)C1CCCN1C(=O)NCCc1c[nH]c2ccc(F)cc12. The Morgan fingerprint density at radius 1 is 1.50 bits per heavy atom. The fraction of sp³-hybridized carbons (Fsp3) is 0.500. The first-order chi connectivity index (χ1) is 11.4. The molecule has 3 rings (SSSR count). The third-order valence-electron chi connectivity index (χ3n) is 4.73. The lowest BCUT2D eigenvalue weighted by molar-refractivity contribution is 0.00986. The topological polar surface area (TPSA) is 68.4 Å². The lowest BCUT2D eigenvalue weighted by atomic mass is 9.97. The van der Waals surface area contributed by atoms with E-state index >= 15 is 0 Å².